The molecule has 0 aromatic rings. The lowest BCUT2D eigenvalue weighted by Gasteiger charge is -2.20. The van der Waals surface area contributed by atoms with Gasteiger partial charge < -0.3 is 10.4 Å². The Hall–Kier alpha value is -1.33. The van der Waals surface area contributed by atoms with Gasteiger partial charge in [0.05, 0.1) is 5.03 Å². The molecule has 5 nitrogen and oxygen atoms in total. The molecule has 102 valence electrons. The normalized spacial score (nSPS) is 19.7. The maximum atomic E-state index is 11.7. The molecule has 1 atom stereocenters. The standard InChI is InChI=1S/C10H14ClN3O2.C2H6/c1-5(13-3)4-7(12)14-9(15)6(2)8(11)10(14)16;1-2/h4,10,12-13,16H,1-3H3;1-2H3/b5-4-,12-7?;. The smallest absolute Gasteiger partial charge is 0.258 e. The highest BCUT2D eigenvalue weighted by atomic mass is 35.5. The minimum absolute atomic E-state index is 0.0743. The molecule has 1 aliphatic rings. The Balaban J connectivity index is 0.00000137. The summed E-state index contributed by atoms with van der Waals surface area (Å²) in [7, 11) is 1.71. The van der Waals surface area contributed by atoms with E-state index in [1.807, 2.05) is 13.8 Å². The third-order valence-corrected chi connectivity index (χ3v) is 2.85. The fourth-order valence-electron chi connectivity index (χ4n) is 1.29. The number of nitrogens with one attached hydrogen (secondary N) is 2. The SMILES string of the molecule is CC.CN/C(C)=C\C(=N)N1C(=O)C(C)=C(Cl)C1O. The summed E-state index contributed by atoms with van der Waals surface area (Å²) in [5, 5.41) is 20.3. The number of hydrogen-bond donors (Lipinski definition) is 3. The van der Waals surface area contributed by atoms with Gasteiger partial charge >= 0.3 is 0 Å². The average molecular weight is 274 g/mol. The van der Waals surface area contributed by atoms with E-state index in [0.29, 0.717) is 5.70 Å². The largest absolute Gasteiger partial charge is 0.392 e. The number of aliphatic hydroxyl groups excluding tert-OH is 1. The zero-order valence-corrected chi connectivity index (χ0v) is 12.1. The Morgan fingerprint density at radius 1 is 1.56 bits per heavy atom. The van der Waals surface area contributed by atoms with Crippen LogP contribution in [0.3, 0.4) is 0 Å². The van der Waals surface area contributed by atoms with Gasteiger partial charge in [-0.15, -0.1) is 0 Å². The van der Waals surface area contributed by atoms with E-state index in [1.165, 1.54) is 13.0 Å². The van der Waals surface area contributed by atoms with Crippen LogP contribution in [0.1, 0.15) is 27.7 Å². The topological polar surface area (TPSA) is 76.4 Å². The zero-order valence-electron chi connectivity index (χ0n) is 11.3. The van der Waals surface area contributed by atoms with Crippen molar-refractivity contribution in [2.75, 3.05) is 7.05 Å². The highest BCUT2D eigenvalue weighted by Crippen LogP contribution is 2.27. The van der Waals surface area contributed by atoms with Gasteiger partial charge in [0.25, 0.3) is 5.91 Å². The van der Waals surface area contributed by atoms with Crippen molar-refractivity contribution >= 4 is 23.3 Å². The molecular formula is C12H20ClN3O2. The van der Waals surface area contributed by atoms with Crippen molar-refractivity contribution in [3.8, 4) is 0 Å². The van der Waals surface area contributed by atoms with Crippen LogP contribution in [0.2, 0.25) is 0 Å². The first-order chi connectivity index (χ1) is 8.40. The third-order valence-electron chi connectivity index (χ3n) is 2.38. The second kappa shape index (κ2) is 7.18. The number of halogens is 1. The number of amidine groups is 1. The summed E-state index contributed by atoms with van der Waals surface area (Å²) < 4.78 is 0. The number of hydrogen-bond acceptors (Lipinski definition) is 4. The van der Waals surface area contributed by atoms with E-state index in [2.05, 4.69) is 5.32 Å². The molecule has 0 fully saturated rings. The van der Waals surface area contributed by atoms with Gasteiger partial charge in [-0.3, -0.25) is 15.1 Å². The minimum Gasteiger partial charge on any atom is -0.392 e. The molecule has 18 heavy (non-hydrogen) atoms. The molecule has 1 heterocycles. The first-order valence-electron chi connectivity index (χ1n) is 5.72. The number of rotatable bonds is 2. The second-order valence-electron chi connectivity index (χ2n) is 3.48. The van der Waals surface area contributed by atoms with E-state index >= 15 is 0 Å². The maximum Gasteiger partial charge on any atom is 0.258 e. The molecule has 0 aliphatic carbocycles. The van der Waals surface area contributed by atoms with Crippen LogP contribution < -0.4 is 5.32 Å². The quantitative estimate of drug-likeness (QED) is 0.530. The number of nitrogens with zero attached hydrogens (tertiary/aromatic N) is 1. The molecule has 1 unspecified atom stereocenters. The van der Waals surface area contributed by atoms with Crippen molar-refractivity contribution < 1.29 is 9.90 Å². The van der Waals surface area contributed by atoms with E-state index < -0.39 is 12.1 Å². The molecule has 6 heteroatoms. The number of carbonyl (C=O) groups is 1. The first-order valence-corrected chi connectivity index (χ1v) is 6.10. The monoisotopic (exact) mass is 273 g/mol. The fourth-order valence-corrected chi connectivity index (χ4v) is 1.47. The van der Waals surface area contributed by atoms with Gasteiger partial charge in [-0.2, -0.15) is 0 Å². The number of amides is 1. The summed E-state index contributed by atoms with van der Waals surface area (Å²) in [6.45, 7) is 7.28. The van der Waals surface area contributed by atoms with Crippen LogP contribution in [0, 0.1) is 5.41 Å². The zero-order chi connectivity index (χ0) is 14.5. The number of carbonyl (C=O) groups excluding carboxylic acids is 1. The van der Waals surface area contributed by atoms with Gasteiger partial charge in [0.1, 0.15) is 5.84 Å². The summed E-state index contributed by atoms with van der Waals surface area (Å²) in [5.41, 5.74) is 0.986. The molecule has 0 saturated carbocycles. The molecule has 0 saturated heterocycles. The maximum absolute atomic E-state index is 11.7. The molecule has 0 aromatic carbocycles. The highest BCUT2D eigenvalue weighted by molar-refractivity contribution is 6.34. The minimum atomic E-state index is -1.25. The van der Waals surface area contributed by atoms with Crippen molar-refractivity contribution in [2.24, 2.45) is 0 Å². The van der Waals surface area contributed by atoms with Crippen molar-refractivity contribution in [3.05, 3.63) is 22.4 Å². The molecule has 0 spiro atoms. The Bertz CT molecular complexity index is 402. The summed E-state index contributed by atoms with van der Waals surface area (Å²) in [4.78, 5) is 12.6. The van der Waals surface area contributed by atoms with Gasteiger partial charge in [0.15, 0.2) is 6.23 Å². The second-order valence-corrected chi connectivity index (χ2v) is 3.89. The summed E-state index contributed by atoms with van der Waals surface area (Å²) >= 11 is 5.75. The first kappa shape index (κ1) is 16.7. The molecule has 1 amide bonds. The molecule has 0 aromatic heterocycles. The number of aliphatic hydroxyl groups is 1. The van der Waals surface area contributed by atoms with Crippen LogP contribution >= 0.6 is 11.6 Å². The molecule has 1 rings (SSSR count). The highest BCUT2D eigenvalue weighted by Gasteiger charge is 2.36. The lowest BCUT2D eigenvalue weighted by atomic mass is 10.3. The molecule has 0 bridgehead atoms. The van der Waals surface area contributed by atoms with Crippen LogP contribution in [0.4, 0.5) is 0 Å². The molecule has 3 N–H and O–H groups in total. The Labute approximate surface area is 113 Å². The van der Waals surface area contributed by atoms with E-state index in [4.69, 9.17) is 17.0 Å². The van der Waals surface area contributed by atoms with Crippen molar-refractivity contribution in [3.63, 3.8) is 0 Å². The molecule has 1 aliphatic heterocycles. The van der Waals surface area contributed by atoms with Crippen LogP contribution in [-0.2, 0) is 4.79 Å². The van der Waals surface area contributed by atoms with E-state index in [9.17, 15) is 9.90 Å². The van der Waals surface area contributed by atoms with Gasteiger partial charge in [-0.05, 0) is 19.9 Å². The van der Waals surface area contributed by atoms with Crippen molar-refractivity contribution in [1.29, 1.82) is 5.41 Å². The lowest BCUT2D eigenvalue weighted by molar-refractivity contribution is -0.126. The van der Waals surface area contributed by atoms with E-state index in [-0.39, 0.29) is 16.4 Å². The number of allylic oxidation sites excluding steroid dienone is 1. The molecule has 0 radical (unpaired) electrons. The Kier molecular flexibility index (Phi) is 6.65. The van der Waals surface area contributed by atoms with Crippen LogP contribution in [0.25, 0.3) is 0 Å². The van der Waals surface area contributed by atoms with Crippen LogP contribution in [-0.4, -0.2) is 35.0 Å². The van der Waals surface area contributed by atoms with Gasteiger partial charge in [-0.25, -0.2) is 0 Å². The predicted molar refractivity (Wildman–Crippen MR) is 73.3 cm³/mol. The molecular weight excluding hydrogens is 254 g/mol. The van der Waals surface area contributed by atoms with Gasteiger partial charge in [0.2, 0.25) is 0 Å². The van der Waals surface area contributed by atoms with Gasteiger partial charge in [0, 0.05) is 18.3 Å². The lowest BCUT2D eigenvalue weighted by Crippen LogP contribution is -2.39. The average Bonchev–Trinajstić information content (AvgIpc) is 2.56. The van der Waals surface area contributed by atoms with Gasteiger partial charge in [-0.1, -0.05) is 25.4 Å². The predicted octanol–water partition coefficient (Wildman–Crippen LogP) is 1.79. The fraction of sp³-hybridized carbons (Fsp3) is 0.500. The van der Waals surface area contributed by atoms with E-state index in [0.717, 1.165) is 4.90 Å². The van der Waals surface area contributed by atoms with Crippen molar-refractivity contribution in [2.45, 2.75) is 33.9 Å². The third kappa shape index (κ3) is 3.34. The Morgan fingerprint density at radius 2 is 2.06 bits per heavy atom. The van der Waals surface area contributed by atoms with Crippen LogP contribution in [0.5, 0.6) is 0 Å². The van der Waals surface area contributed by atoms with E-state index in [1.54, 1.807) is 14.0 Å². The van der Waals surface area contributed by atoms with Crippen LogP contribution in [0.15, 0.2) is 22.4 Å². The summed E-state index contributed by atoms with van der Waals surface area (Å²) in [5.74, 6) is -0.540. The summed E-state index contributed by atoms with van der Waals surface area (Å²) in [6.07, 6.45) is 0.201. The summed E-state index contributed by atoms with van der Waals surface area (Å²) in [6, 6.07) is 0. The Morgan fingerprint density at radius 3 is 2.39 bits per heavy atom. The van der Waals surface area contributed by atoms with Crippen molar-refractivity contribution in [1.82, 2.24) is 10.2 Å².